The first-order valence-corrected chi connectivity index (χ1v) is 11.6. The Morgan fingerprint density at radius 1 is 0.857 bits per heavy atom. The summed E-state index contributed by atoms with van der Waals surface area (Å²) in [6.45, 7) is 7.60. The van der Waals surface area contributed by atoms with Gasteiger partial charge in [0.2, 0.25) is 0 Å². The van der Waals surface area contributed by atoms with Crippen LogP contribution in [0.5, 0.6) is 0 Å². The van der Waals surface area contributed by atoms with Crippen molar-refractivity contribution >= 4 is 23.7 Å². The number of hydrogen-bond acceptors (Lipinski definition) is 2. The largest absolute Gasteiger partial charge is 0.322 e. The Morgan fingerprint density at radius 3 is 2.11 bits per heavy atom. The van der Waals surface area contributed by atoms with Gasteiger partial charge in [0.1, 0.15) is 7.14 Å². The summed E-state index contributed by atoms with van der Waals surface area (Å²) in [5.41, 5.74) is 1.23. The number of ketones is 1. The number of carbonyl (C=O) groups excluding carboxylic acids is 1. The molecule has 0 N–H and O–H groups in total. The number of Topliss-reactive ketones (excluding diaryl/α,β-unsaturated/α-hetero) is 1. The Labute approximate surface area is 167 Å². The van der Waals surface area contributed by atoms with Crippen molar-refractivity contribution in [3.63, 3.8) is 0 Å². The van der Waals surface area contributed by atoms with Gasteiger partial charge in [0, 0.05) is 30.0 Å². The van der Waals surface area contributed by atoms with Crippen LogP contribution in [-0.4, -0.2) is 18.1 Å². The second-order valence-corrected chi connectivity index (χ2v) is 10.3. The zero-order chi connectivity index (χ0) is 20.0. The molecule has 0 bridgehead atoms. The normalized spacial score (nSPS) is 12.4. The molecule has 142 valence electrons. The highest BCUT2D eigenvalue weighted by atomic mass is 31.2. The topological polar surface area (TPSA) is 34.1 Å². The van der Waals surface area contributed by atoms with E-state index in [2.05, 4.69) is 25.3 Å². The van der Waals surface area contributed by atoms with Crippen molar-refractivity contribution in [1.82, 2.24) is 0 Å². The summed E-state index contributed by atoms with van der Waals surface area (Å²) in [4.78, 5) is 13.0. The van der Waals surface area contributed by atoms with E-state index in [0.717, 1.165) is 16.3 Å². The molecule has 3 heteroatoms. The molecule has 0 saturated carbocycles. The smallest absolute Gasteiger partial charge is 0.163 e. The van der Waals surface area contributed by atoms with Crippen LogP contribution in [0.4, 0.5) is 0 Å². The molecule has 0 unspecified atom stereocenters. The van der Waals surface area contributed by atoms with Gasteiger partial charge in [-0.25, -0.2) is 0 Å². The van der Waals surface area contributed by atoms with Crippen LogP contribution in [0, 0.1) is 0 Å². The van der Waals surface area contributed by atoms with Crippen LogP contribution in [0.3, 0.4) is 0 Å². The fraction of sp³-hybridized carbons (Fsp3) is 0.160. The van der Waals surface area contributed by atoms with Gasteiger partial charge in [-0.3, -0.25) is 4.79 Å². The number of hydrogen-bond donors (Lipinski definition) is 0. The molecule has 0 saturated heterocycles. The van der Waals surface area contributed by atoms with Crippen LogP contribution in [0.25, 0.3) is 10.8 Å². The van der Waals surface area contributed by atoms with Gasteiger partial charge in [-0.1, -0.05) is 84.9 Å². The first kappa shape index (κ1) is 20.0. The highest BCUT2D eigenvalue weighted by Crippen LogP contribution is 2.61. The van der Waals surface area contributed by atoms with Crippen molar-refractivity contribution in [3.05, 3.63) is 109 Å². The highest BCUT2D eigenvalue weighted by Gasteiger charge is 2.34. The lowest BCUT2D eigenvalue weighted by atomic mass is 10.00. The second-order valence-electron chi connectivity index (χ2n) is 7.01. The van der Waals surface area contributed by atoms with Crippen LogP contribution >= 0.6 is 7.14 Å². The van der Waals surface area contributed by atoms with Crippen molar-refractivity contribution in [2.45, 2.75) is 12.1 Å². The quantitative estimate of drug-likeness (QED) is 0.227. The van der Waals surface area contributed by atoms with E-state index in [0.29, 0.717) is 17.9 Å². The molecule has 0 spiro atoms. The minimum Gasteiger partial charge on any atom is -0.322 e. The molecule has 1 atom stereocenters. The number of carbonyl (C=O) groups is 1. The molecule has 0 aliphatic rings. The van der Waals surface area contributed by atoms with Crippen LogP contribution in [0.1, 0.15) is 28.0 Å². The summed E-state index contributed by atoms with van der Waals surface area (Å²) in [6.07, 6.45) is 4.38. The lowest BCUT2D eigenvalue weighted by Gasteiger charge is -2.27. The van der Waals surface area contributed by atoms with Gasteiger partial charge in [0.25, 0.3) is 0 Å². The molecule has 0 radical (unpaired) electrons. The van der Waals surface area contributed by atoms with Crippen LogP contribution < -0.4 is 0 Å². The van der Waals surface area contributed by atoms with Gasteiger partial charge in [0.15, 0.2) is 5.78 Å². The standard InChI is InChI=1S/C25H25O2P/c1-3-16-28(27,17-4-2)25(19-24(26)21-11-6-5-7-12-21)23-15-14-20-10-8-9-13-22(20)18-23/h3-15,18,25H,1-2,16-17,19H2/t25-/m0/s1. The Morgan fingerprint density at radius 2 is 1.46 bits per heavy atom. The predicted octanol–water partition coefficient (Wildman–Crippen LogP) is 6.89. The second kappa shape index (κ2) is 8.99. The van der Waals surface area contributed by atoms with Gasteiger partial charge < -0.3 is 4.57 Å². The van der Waals surface area contributed by atoms with E-state index in [1.807, 2.05) is 60.7 Å². The van der Waals surface area contributed by atoms with Crippen LogP contribution in [-0.2, 0) is 4.57 Å². The molecule has 28 heavy (non-hydrogen) atoms. The minimum absolute atomic E-state index is 0.00658. The molecular weight excluding hydrogens is 363 g/mol. The van der Waals surface area contributed by atoms with E-state index in [9.17, 15) is 9.36 Å². The van der Waals surface area contributed by atoms with Gasteiger partial charge in [0.05, 0.1) is 0 Å². The zero-order valence-electron chi connectivity index (χ0n) is 16.0. The summed E-state index contributed by atoms with van der Waals surface area (Å²) in [5, 5.41) is 2.21. The number of allylic oxidation sites excluding steroid dienone is 2. The van der Waals surface area contributed by atoms with E-state index >= 15 is 0 Å². The van der Waals surface area contributed by atoms with E-state index in [1.54, 1.807) is 12.2 Å². The molecule has 3 aromatic rings. The fourth-order valence-electron chi connectivity index (χ4n) is 3.65. The maximum Gasteiger partial charge on any atom is 0.163 e. The van der Waals surface area contributed by atoms with Crippen molar-refractivity contribution in [3.8, 4) is 0 Å². The average Bonchev–Trinajstić information content (AvgIpc) is 2.72. The van der Waals surface area contributed by atoms with Gasteiger partial charge in [-0.15, -0.1) is 13.2 Å². The summed E-state index contributed by atoms with van der Waals surface area (Å²) < 4.78 is 13.9. The highest BCUT2D eigenvalue weighted by molar-refractivity contribution is 7.64. The first-order valence-electron chi connectivity index (χ1n) is 9.44. The van der Waals surface area contributed by atoms with E-state index in [1.165, 1.54) is 0 Å². The summed E-state index contributed by atoms with van der Waals surface area (Å²) in [5.74, 6) is 0.00658. The Kier molecular flexibility index (Phi) is 6.44. The maximum absolute atomic E-state index is 13.9. The number of fused-ring (bicyclic) bond motifs is 1. The van der Waals surface area contributed by atoms with Gasteiger partial charge >= 0.3 is 0 Å². The van der Waals surface area contributed by atoms with Gasteiger partial charge in [-0.05, 0) is 16.3 Å². The Bertz CT molecular complexity index is 1020. The Hall–Kier alpha value is -2.70. The fourth-order valence-corrected chi connectivity index (χ4v) is 6.39. The average molecular weight is 388 g/mol. The molecule has 0 heterocycles. The third kappa shape index (κ3) is 4.40. The molecule has 2 nitrogen and oxygen atoms in total. The summed E-state index contributed by atoms with van der Waals surface area (Å²) in [7, 11) is -2.76. The van der Waals surface area contributed by atoms with E-state index < -0.39 is 7.14 Å². The zero-order valence-corrected chi connectivity index (χ0v) is 16.9. The summed E-state index contributed by atoms with van der Waals surface area (Å²) in [6, 6.07) is 23.4. The predicted molar refractivity (Wildman–Crippen MR) is 120 cm³/mol. The summed E-state index contributed by atoms with van der Waals surface area (Å²) >= 11 is 0. The van der Waals surface area contributed by atoms with E-state index in [-0.39, 0.29) is 17.9 Å². The number of rotatable bonds is 9. The lowest BCUT2D eigenvalue weighted by molar-refractivity contribution is 0.0980. The molecule has 0 amide bonds. The molecule has 3 rings (SSSR count). The third-order valence-corrected chi connectivity index (χ3v) is 8.45. The number of benzene rings is 3. The van der Waals surface area contributed by atoms with Gasteiger partial charge in [-0.2, -0.15) is 0 Å². The van der Waals surface area contributed by atoms with Crippen LogP contribution in [0.2, 0.25) is 0 Å². The monoisotopic (exact) mass is 388 g/mol. The molecule has 0 aliphatic carbocycles. The Balaban J connectivity index is 2.06. The molecule has 0 aliphatic heterocycles. The molecule has 3 aromatic carbocycles. The molecule has 0 aromatic heterocycles. The van der Waals surface area contributed by atoms with E-state index in [4.69, 9.17) is 0 Å². The first-order chi connectivity index (χ1) is 13.6. The maximum atomic E-state index is 13.9. The SMILES string of the molecule is C=CCP(=O)(CC=C)[C@@H](CC(=O)c1ccccc1)c1ccc2ccccc2c1. The van der Waals surface area contributed by atoms with Crippen molar-refractivity contribution in [1.29, 1.82) is 0 Å². The third-order valence-electron chi connectivity index (χ3n) is 5.08. The lowest BCUT2D eigenvalue weighted by Crippen LogP contribution is -2.11. The van der Waals surface area contributed by atoms with Crippen molar-refractivity contribution < 1.29 is 9.36 Å². The molecular formula is C25H25O2P. The van der Waals surface area contributed by atoms with Crippen molar-refractivity contribution in [2.75, 3.05) is 12.3 Å². The van der Waals surface area contributed by atoms with Crippen molar-refractivity contribution in [2.24, 2.45) is 0 Å². The molecule has 0 fully saturated rings. The van der Waals surface area contributed by atoms with Crippen LogP contribution in [0.15, 0.2) is 98.1 Å². The minimum atomic E-state index is -2.76.